The highest BCUT2D eigenvalue weighted by atomic mass is 35.5. The Labute approximate surface area is 234 Å². The second-order valence-corrected chi connectivity index (χ2v) is 9.71. The van der Waals surface area contributed by atoms with Crippen LogP contribution in [0.1, 0.15) is 16.7 Å². The molecule has 0 radical (unpaired) electrons. The molecule has 1 aliphatic heterocycles. The van der Waals surface area contributed by atoms with Crippen LogP contribution in [0.15, 0.2) is 78.4 Å². The Hall–Kier alpha value is -4.33. The van der Waals surface area contributed by atoms with E-state index >= 15 is 0 Å². The number of hydrogen-bond donors (Lipinski definition) is 1. The molecule has 5 rings (SSSR count). The van der Waals surface area contributed by atoms with Gasteiger partial charge in [-0.15, -0.1) is 0 Å². The minimum Gasteiger partial charge on any atom is -0.493 e. The van der Waals surface area contributed by atoms with Crippen molar-refractivity contribution in [1.82, 2.24) is 5.32 Å². The maximum absolute atomic E-state index is 13.3. The Kier molecular flexibility index (Phi) is 7.28. The first-order valence-corrected chi connectivity index (χ1v) is 12.7. The number of barbiturate groups is 1. The number of amides is 4. The molecule has 4 amide bonds. The molecule has 4 aromatic rings. The number of rotatable bonds is 6. The Morgan fingerprint density at radius 1 is 0.897 bits per heavy atom. The zero-order valence-electron chi connectivity index (χ0n) is 21.0. The van der Waals surface area contributed by atoms with Crippen LogP contribution in [0, 0.1) is 6.92 Å². The zero-order chi connectivity index (χ0) is 27.7. The maximum atomic E-state index is 13.3. The van der Waals surface area contributed by atoms with E-state index in [9.17, 15) is 14.4 Å². The molecule has 1 N–H and O–H groups in total. The monoisotopic (exact) mass is 560 g/mol. The SMILES string of the molecule is COc1cc(/C=C2/C(=O)NC(=O)N(c3ccc(C)c(Cl)c3)C2=O)cc(Cl)c1OCc1ccc2ccccc2c1. The van der Waals surface area contributed by atoms with Gasteiger partial charge in [0.1, 0.15) is 12.2 Å². The maximum Gasteiger partial charge on any atom is 0.335 e. The minimum absolute atomic E-state index is 0.226. The van der Waals surface area contributed by atoms with Gasteiger partial charge in [-0.25, -0.2) is 9.69 Å². The lowest BCUT2D eigenvalue weighted by Crippen LogP contribution is -2.54. The first-order chi connectivity index (χ1) is 18.7. The van der Waals surface area contributed by atoms with Gasteiger partial charge in [-0.2, -0.15) is 0 Å². The molecule has 4 aromatic carbocycles. The molecular weight excluding hydrogens is 539 g/mol. The Morgan fingerprint density at radius 2 is 1.67 bits per heavy atom. The first-order valence-electron chi connectivity index (χ1n) is 11.9. The summed E-state index contributed by atoms with van der Waals surface area (Å²) in [6.07, 6.45) is 1.34. The van der Waals surface area contributed by atoms with Crippen LogP contribution in [0.3, 0.4) is 0 Å². The third kappa shape index (κ3) is 5.32. The Bertz CT molecular complexity index is 1680. The van der Waals surface area contributed by atoms with Crippen molar-refractivity contribution >= 4 is 63.6 Å². The van der Waals surface area contributed by atoms with Crippen LogP contribution < -0.4 is 19.7 Å². The summed E-state index contributed by atoms with van der Waals surface area (Å²) in [6.45, 7) is 2.05. The molecule has 39 heavy (non-hydrogen) atoms. The van der Waals surface area contributed by atoms with E-state index in [1.54, 1.807) is 31.2 Å². The molecule has 1 saturated heterocycles. The van der Waals surface area contributed by atoms with Crippen molar-refractivity contribution in [3.8, 4) is 11.5 Å². The summed E-state index contributed by atoms with van der Waals surface area (Å²) in [5.74, 6) is -0.987. The lowest BCUT2D eigenvalue weighted by molar-refractivity contribution is -0.122. The van der Waals surface area contributed by atoms with E-state index in [1.807, 2.05) is 42.5 Å². The molecule has 0 saturated carbocycles. The number of imide groups is 2. The van der Waals surface area contributed by atoms with Gasteiger partial charge in [-0.3, -0.25) is 14.9 Å². The van der Waals surface area contributed by atoms with Crippen molar-refractivity contribution in [1.29, 1.82) is 0 Å². The van der Waals surface area contributed by atoms with Gasteiger partial charge in [0.25, 0.3) is 11.8 Å². The average molecular weight is 561 g/mol. The number of urea groups is 1. The van der Waals surface area contributed by atoms with Gasteiger partial charge in [0, 0.05) is 5.02 Å². The molecule has 1 fully saturated rings. The number of carbonyl (C=O) groups is 3. The number of nitrogens with one attached hydrogen (secondary N) is 1. The van der Waals surface area contributed by atoms with E-state index in [0.29, 0.717) is 22.1 Å². The van der Waals surface area contributed by atoms with Gasteiger partial charge in [-0.1, -0.05) is 65.7 Å². The number of ether oxygens (including phenoxy) is 2. The van der Waals surface area contributed by atoms with Crippen LogP contribution in [-0.2, 0) is 16.2 Å². The number of benzene rings is 4. The number of halogens is 2. The summed E-state index contributed by atoms with van der Waals surface area (Å²) in [4.78, 5) is 39.2. The van der Waals surface area contributed by atoms with Gasteiger partial charge < -0.3 is 9.47 Å². The van der Waals surface area contributed by atoms with E-state index in [4.69, 9.17) is 32.7 Å². The molecule has 7 nitrogen and oxygen atoms in total. The highest BCUT2D eigenvalue weighted by Crippen LogP contribution is 2.38. The van der Waals surface area contributed by atoms with E-state index in [-0.39, 0.29) is 22.9 Å². The fourth-order valence-corrected chi connectivity index (χ4v) is 4.68. The largest absolute Gasteiger partial charge is 0.493 e. The summed E-state index contributed by atoms with van der Waals surface area (Å²) in [7, 11) is 1.46. The van der Waals surface area contributed by atoms with Gasteiger partial charge >= 0.3 is 6.03 Å². The number of hydrogen-bond acceptors (Lipinski definition) is 5. The van der Waals surface area contributed by atoms with Crippen LogP contribution in [0.2, 0.25) is 10.0 Å². The third-order valence-electron chi connectivity index (χ3n) is 6.28. The summed E-state index contributed by atoms with van der Waals surface area (Å²) in [5.41, 5.74) is 2.11. The molecule has 0 bridgehead atoms. The molecule has 0 spiro atoms. The van der Waals surface area contributed by atoms with Crippen molar-refractivity contribution in [2.24, 2.45) is 0 Å². The second kappa shape index (κ2) is 10.8. The molecule has 0 aromatic heterocycles. The predicted molar refractivity (Wildman–Crippen MR) is 151 cm³/mol. The topological polar surface area (TPSA) is 84.9 Å². The van der Waals surface area contributed by atoms with Crippen LogP contribution in [0.4, 0.5) is 10.5 Å². The summed E-state index contributed by atoms with van der Waals surface area (Å²) < 4.78 is 11.5. The summed E-state index contributed by atoms with van der Waals surface area (Å²) in [5, 5.41) is 5.02. The molecular formula is C30H22Cl2N2O5. The summed E-state index contributed by atoms with van der Waals surface area (Å²) in [6, 6.07) is 21.1. The van der Waals surface area contributed by atoms with Gasteiger partial charge in [-0.05, 0) is 70.8 Å². The Balaban J connectivity index is 1.42. The second-order valence-electron chi connectivity index (χ2n) is 8.90. The van der Waals surface area contributed by atoms with Crippen LogP contribution in [-0.4, -0.2) is 25.0 Å². The van der Waals surface area contributed by atoms with E-state index < -0.39 is 17.8 Å². The average Bonchev–Trinajstić information content (AvgIpc) is 2.92. The third-order valence-corrected chi connectivity index (χ3v) is 6.96. The van der Waals surface area contributed by atoms with Gasteiger partial charge in [0.2, 0.25) is 0 Å². The minimum atomic E-state index is -0.866. The highest BCUT2D eigenvalue weighted by Gasteiger charge is 2.37. The zero-order valence-corrected chi connectivity index (χ0v) is 22.5. The van der Waals surface area contributed by atoms with Gasteiger partial charge in [0.05, 0.1) is 17.8 Å². The van der Waals surface area contributed by atoms with E-state index in [0.717, 1.165) is 26.8 Å². The van der Waals surface area contributed by atoms with Gasteiger partial charge in [0.15, 0.2) is 11.5 Å². The first kappa shape index (κ1) is 26.3. The molecule has 1 aliphatic rings. The van der Waals surface area contributed by atoms with Crippen LogP contribution in [0.5, 0.6) is 11.5 Å². The fraction of sp³-hybridized carbons (Fsp3) is 0.100. The number of aryl methyl sites for hydroxylation is 1. The number of methoxy groups -OCH3 is 1. The van der Waals surface area contributed by atoms with E-state index in [1.165, 1.54) is 19.3 Å². The number of carbonyl (C=O) groups excluding carboxylic acids is 3. The Morgan fingerprint density at radius 3 is 2.41 bits per heavy atom. The molecule has 0 aliphatic carbocycles. The standard InChI is InChI=1S/C30H22Cl2N2O5/c1-17-7-10-22(15-24(17)31)34-29(36)23(28(35)33-30(34)37)12-19-13-25(32)27(26(14-19)38-2)39-16-18-8-9-20-5-3-4-6-21(20)11-18/h3-15H,16H2,1-2H3,(H,33,35,37)/b23-12-. The van der Waals surface area contributed by atoms with Crippen LogP contribution in [0.25, 0.3) is 16.8 Å². The normalized spacial score (nSPS) is 14.6. The van der Waals surface area contributed by atoms with Crippen LogP contribution >= 0.6 is 23.2 Å². The van der Waals surface area contributed by atoms with E-state index in [2.05, 4.69) is 5.32 Å². The van der Waals surface area contributed by atoms with Crippen molar-refractivity contribution in [2.45, 2.75) is 13.5 Å². The molecule has 9 heteroatoms. The lowest BCUT2D eigenvalue weighted by atomic mass is 10.1. The number of anilines is 1. The summed E-state index contributed by atoms with van der Waals surface area (Å²) >= 11 is 12.7. The fourth-order valence-electron chi connectivity index (χ4n) is 4.23. The molecule has 1 heterocycles. The quantitative estimate of drug-likeness (QED) is 0.209. The molecule has 0 unspecified atom stereocenters. The highest BCUT2D eigenvalue weighted by molar-refractivity contribution is 6.39. The van der Waals surface area contributed by atoms with Crippen molar-refractivity contribution < 1.29 is 23.9 Å². The molecule has 196 valence electrons. The number of fused-ring (bicyclic) bond motifs is 1. The van der Waals surface area contributed by atoms with Crippen molar-refractivity contribution in [2.75, 3.05) is 12.0 Å². The smallest absolute Gasteiger partial charge is 0.335 e. The predicted octanol–water partition coefficient (Wildman–Crippen LogP) is 6.71. The van der Waals surface area contributed by atoms with Crippen molar-refractivity contribution in [3.05, 3.63) is 105 Å². The lowest BCUT2D eigenvalue weighted by Gasteiger charge is -2.26. The number of nitrogens with zero attached hydrogens (tertiary/aromatic N) is 1. The molecule has 0 atom stereocenters. The van der Waals surface area contributed by atoms with Crippen molar-refractivity contribution in [3.63, 3.8) is 0 Å².